The standard InChI is InChI=1S/C13H17ClN2O2/c1-3-8-15-12(17)9(2)16-13(18)10-4-6-11(14)7-5-10/h4-7,9H,3,8H2,1-2H3,(H,15,17)(H,16,18). The molecule has 1 aromatic carbocycles. The van der Waals surface area contributed by atoms with Gasteiger partial charge in [0.25, 0.3) is 5.91 Å². The van der Waals surface area contributed by atoms with E-state index in [2.05, 4.69) is 10.6 Å². The molecule has 0 aliphatic rings. The molecule has 0 saturated heterocycles. The van der Waals surface area contributed by atoms with Gasteiger partial charge in [0, 0.05) is 17.1 Å². The topological polar surface area (TPSA) is 58.2 Å². The minimum atomic E-state index is -0.556. The number of hydrogen-bond donors (Lipinski definition) is 2. The van der Waals surface area contributed by atoms with E-state index in [1.807, 2.05) is 6.92 Å². The van der Waals surface area contributed by atoms with E-state index in [-0.39, 0.29) is 11.8 Å². The first kappa shape index (κ1) is 14.5. The van der Waals surface area contributed by atoms with Crippen molar-refractivity contribution >= 4 is 23.4 Å². The molecule has 0 saturated carbocycles. The van der Waals surface area contributed by atoms with Crippen LogP contribution in [-0.2, 0) is 4.79 Å². The van der Waals surface area contributed by atoms with Crippen LogP contribution < -0.4 is 10.6 Å². The molecule has 1 atom stereocenters. The Labute approximate surface area is 112 Å². The van der Waals surface area contributed by atoms with E-state index in [0.717, 1.165) is 6.42 Å². The van der Waals surface area contributed by atoms with E-state index in [0.29, 0.717) is 17.1 Å². The number of carbonyl (C=O) groups is 2. The van der Waals surface area contributed by atoms with Gasteiger partial charge in [0.15, 0.2) is 0 Å². The summed E-state index contributed by atoms with van der Waals surface area (Å²) in [6, 6.07) is 5.96. The van der Waals surface area contributed by atoms with Gasteiger partial charge in [0.05, 0.1) is 0 Å². The maximum Gasteiger partial charge on any atom is 0.251 e. The zero-order valence-corrected chi connectivity index (χ0v) is 11.3. The average molecular weight is 269 g/mol. The second-order valence-corrected chi connectivity index (χ2v) is 4.43. The summed E-state index contributed by atoms with van der Waals surface area (Å²) in [4.78, 5) is 23.4. The molecule has 18 heavy (non-hydrogen) atoms. The van der Waals surface area contributed by atoms with Gasteiger partial charge in [-0.25, -0.2) is 0 Å². The summed E-state index contributed by atoms with van der Waals surface area (Å²) in [7, 11) is 0. The molecule has 2 N–H and O–H groups in total. The number of benzene rings is 1. The van der Waals surface area contributed by atoms with E-state index in [1.54, 1.807) is 31.2 Å². The van der Waals surface area contributed by atoms with Crippen LogP contribution in [0.15, 0.2) is 24.3 Å². The van der Waals surface area contributed by atoms with Crippen molar-refractivity contribution in [1.82, 2.24) is 10.6 Å². The summed E-state index contributed by atoms with van der Waals surface area (Å²) in [5, 5.41) is 5.92. The third kappa shape index (κ3) is 4.37. The molecular formula is C13H17ClN2O2. The van der Waals surface area contributed by atoms with Crippen molar-refractivity contribution in [3.63, 3.8) is 0 Å². The first-order valence-electron chi connectivity index (χ1n) is 5.88. The zero-order valence-electron chi connectivity index (χ0n) is 10.5. The molecule has 2 amide bonds. The van der Waals surface area contributed by atoms with Gasteiger partial charge in [-0.05, 0) is 37.6 Å². The summed E-state index contributed by atoms with van der Waals surface area (Å²) in [6.07, 6.45) is 0.865. The summed E-state index contributed by atoms with van der Waals surface area (Å²) in [6.45, 7) is 4.23. The maximum atomic E-state index is 11.8. The number of amides is 2. The van der Waals surface area contributed by atoms with Crippen LogP contribution in [0.2, 0.25) is 5.02 Å². The fourth-order valence-electron chi connectivity index (χ4n) is 1.35. The van der Waals surface area contributed by atoms with Crippen LogP contribution in [0.5, 0.6) is 0 Å². The number of nitrogens with one attached hydrogen (secondary N) is 2. The van der Waals surface area contributed by atoms with Crippen molar-refractivity contribution in [2.75, 3.05) is 6.54 Å². The quantitative estimate of drug-likeness (QED) is 0.858. The van der Waals surface area contributed by atoms with Crippen LogP contribution in [0.25, 0.3) is 0 Å². The van der Waals surface area contributed by atoms with Crippen molar-refractivity contribution in [1.29, 1.82) is 0 Å². The SMILES string of the molecule is CCCNC(=O)C(C)NC(=O)c1ccc(Cl)cc1. The molecule has 1 aromatic rings. The lowest BCUT2D eigenvalue weighted by atomic mass is 10.2. The number of carbonyl (C=O) groups excluding carboxylic acids is 2. The molecule has 0 aliphatic carbocycles. The molecule has 0 aromatic heterocycles. The number of halogens is 1. The average Bonchev–Trinajstić information content (AvgIpc) is 2.36. The molecule has 98 valence electrons. The van der Waals surface area contributed by atoms with Gasteiger partial charge < -0.3 is 10.6 Å². The monoisotopic (exact) mass is 268 g/mol. The highest BCUT2D eigenvalue weighted by Gasteiger charge is 2.15. The molecule has 0 radical (unpaired) electrons. The lowest BCUT2D eigenvalue weighted by Crippen LogP contribution is -2.44. The molecular weight excluding hydrogens is 252 g/mol. The predicted molar refractivity (Wildman–Crippen MR) is 71.7 cm³/mol. The molecule has 4 nitrogen and oxygen atoms in total. The Balaban J connectivity index is 2.53. The van der Waals surface area contributed by atoms with Crippen molar-refractivity contribution in [2.45, 2.75) is 26.3 Å². The Bertz CT molecular complexity index is 418. The Kier molecular flexibility index (Phi) is 5.65. The molecule has 0 fully saturated rings. The fourth-order valence-corrected chi connectivity index (χ4v) is 1.47. The van der Waals surface area contributed by atoms with Gasteiger partial charge in [-0.3, -0.25) is 9.59 Å². The van der Waals surface area contributed by atoms with E-state index >= 15 is 0 Å². The lowest BCUT2D eigenvalue weighted by Gasteiger charge is -2.13. The highest BCUT2D eigenvalue weighted by molar-refractivity contribution is 6.30. The number of hydrogen-bond acceptors (Lipinski definition) is 2. The highest BCUT2D eigenvalue weighted by atomic mass is 35.5. The van der Waals surface area contributed by atoms with Gasteiger partial charge in [-0.15, -0.1) is 0 Å². The van der Waals surface area contributed by atoms with Crippen LogP contribution >= 0.6 is 11.6 Å². The van der Waals surface area contributed by atoms with Crippen LogP contribution in [-0.4, -0.2) is 24.4 Å². The van der Waals surface area contributed by atoms with E-state index < -0.39 is 6.04 Å². The van der Waals surface area contributed by atoms with Crippen molar-refractivity contribution in [2.24, 2.45) is 0 Å². The Morgan fingerprint density at radius 2 is 1.89 bits per heavy atom. The van der Waals surface area contributed by atoms with Gasteiger partial charge in [0.2, 0.25) is 5.91 Å². The predicted octanol–water partition coefficient (Wildman–Crippen LogP) is 1.98. The van der Waals surface area contributed by atoms with Crippen LogP contribution in [0.3, 0.4) is 0 Å². The first-order valence-corrected chi connectivity index (χ1v) is 6.26. The van der Waals surface area contributed by atoms with Gasteiger partial charge in [-0.2, -0.15) is 0 Å². The maximum absolute atomic E-state index is 11.8. The molecule has 0 spiro atoms. The van der Waals surface area contributed by atoms with E-state index in [1.165, 1.54) is 0 Å². The van der Waals surface area contributed by atoms with Crippen molar-refractivity contribution in [3.05, 3.63) is 34.9 Å². The largest absolute Gasteiger partial charge is 0.354 e. The van der Waals surface area contributed by atoms with E-state index in [4.69, 9.17) is 11.6 Å². The lowest BCUT2D eigenvalue weighted by molar-refractivity contribution is -0.122. The second-order valence-electron chi connectivity index (χ2n) is 3.99. The third-order valence-electron chi connectivity index (χ3n) is 2.40. The van der Waals surface area contributed by atoms with Crippen molar-refractivity contribution in [3.8, 4) is 0 Å². The minimum Gasteiger partial charge on any atom is -0.354 e. The molecule has 5 heteroatoms. The Hall–Kier alpha value is -1.55. The van der Waals surface area contributed by atoms with Gasteiger partial charge >= 0.3 is 0 Å². The summed E-state index contributed by atoms with van der Waals surface area (Å²) in [5.41, 5.74) is 0.481. The first-order chi connectivity index (χ1) is 8.54. The molecule has 1 unspecified atom stereocenters. The Morgan fingerprint density at radius 3 is 2.44 bits per heavy atom. The number of rotatable bonds is 5. The molecule has 0 bridgehead atoms. The smallest absolute Gasteiger partial charge is 0.251 e. The normalized spacial score (nSPS) is 11.7. The van der Waals surface area contributed by atoms with Crippen molar-refractivity contribution < 1.29 is 9.59 Å². The molecule has 0 aliphatic heterocycles. The highest BCUT2D eigenvalue weighted by Crippen LogP contribution is 2.09. The Morgan fingerprint density at radius 1 is 1.28 bits per heavy atom. The summed E-state index contributed by atoms with van der Waals surface area (Å²) in [5.74, 6) is -0.468. The minimum absolute atomic E-state index is 0.181. The van der Waals surface area contributed by atoms with Gasteiger partial charge in [0.1, 0.15) is 6.04 Å². The summed E-state index contributed by atoms with van der Waals surface area (Å²) < 4.78 is 0. The van der Waals surface area contributed by atoms with Crippen LogP contribution in [0.4, 0.5) is 0 Å². The second kappa shape index (κ2) is 7.01. The van der Waals surface area contributed by atoms with Crippen LogP contribution in [0.1, 0.15) is 30.6 Å². The van der Waals surface area contributed by atoms with E-state index in [9.17, 15) is 9.59 Å². The molecule has 1 rings (SSSR count). The third-order valence-corrected chi connectivity index (χ3v) is 2.65. The fraction of sp³-hybridized carbons (Fsp3) is 0.385. The van der Waals surface area contributed by atoms with Gasteiger partial charge in [-0.1, -0.05) is 18.5 Å². The van der Waals surface area contributed by atoms with Crippen LogP contribution in [0, 0.1) is 0 Å². The molecule has 0 heterocycles. The summed E-state index contributed by atoms with van der Waals surface area (Å²) >= 11 is 5.73. The zero-order chi connectivity index (χ0) is 13.5.